The van der Waals surface area contributed by atoms with Crippen molar-refractivity contribution in [1.82, 2.24) is 5.32 Å². The molecule has 3 rings (SSSR count). The predicted octanol–water partition coefficient (Wildman–Crippen LogP) is 4.03. The van der Waals surface area contributed by atoms with Crippen molar-refractivity contribution in [2.45, 2.75) is 33.2 Å². The quantitative estimate of drug-likeness (QED) is 0.598. The van der Waals surface area contributed by atoms with Gasteiger partial charge in [0, 0.05) is 6.07 Å². The second-order valence-corrected chi connectivity index (χ2v) is 7.43. The number of amides is 1. The molecule has 156 valence electrons. The molecule has 0 spiro atoms. The molecule has 1 amide bonds. The minimum absolute atomic E-state index is 0.149. The summed E-state index contributed by atoms with van der Waals surface area (Å²) in [6, 6.07) is 15.6. The lowest BCUT2D eigenvalue weighted by atomic mass is 9.95. The standard InChI is InChI=1S/C24H25NO5/c1-4-16-9-11-17(12-10-16)23(15(2)3)25-22(27)14-29-24(28)21-13-19(26)18-7-5-6-8-20(18)30-21/h5-13,15,23H,4,14H2,1-3H3,(H,25,27)/t23-/m1/s1. The van der Waals surface area contributed by atoms with Crippen LogP contribution in [-0.2, 0) is 16.0 Å². The molecule has 0 saturated heterocycles. The molecule has 30 heavy (non-hydrogen) atoms. The van der Waals surface area contributed by atoms with Crippen molar-refractivity contribution in [2.24, 2.45) is 5.92 Å². The van der Waals surface area contributed by atoms with E-state index in [0.717, 1.165) is 18.1 Å². The highest BCUT2D eigenvalue weighted by Gasteiger charge is 2.20. The van der Waals surface area contributed by atoms with E-state index in [1.54, 1.807) is 24.3 Å². The molecule has 0 radical (unpaired) electrons. The number of carbonyl (C=O) groups is 2. The van der Waals surface area contributed by atoms with Crippen molar-refractivity contribution < 1.29 is 18.7 Å². The SMILES string of the molecule is CCc1ccc([C@H](NC(=O)COC(=O)c2cc(=O)c3ccccc3o2)C(C)C)cc1. The van der Waals surface area contributed by atoms with Gasteiger partial charge in [-0.2, -0.15) is 0 Å². The lowest BCUT2D eigenvalue weighted by Crippen LogP contribution is -2.35. The first-order valence-electron chi connectivity index (χ1n) is 9.97. The van der Waals surface area contributed by atoms with E-state index in [9.17, 15) is 14.4 Å². The molecule has 1 heterocycles. The lowest BCUT2D eigenvalue weighted by molar-refractivity contribution is -0.125. The van der Waals surface area contributed by atoms with E-state index in [-0.39, 0.29) is 28.7 Å². The van der Waals surface area contributed by atoms with Crippen LogP contribution in [0.2, 0.25) is 0 Å². The molecular formula is C24H25NO5. The van der Waals surface area contributed by atoms with E-state index in [1.807, 2.05) is 38.1 Å². The highest BCUT2D eigenvalue weighted by atomic mass is 16.5. The molecule has 0 aliphatic heterocycles. The second kappa shape index (κ2) is 9.39. The Kier molecular flexibility index (Phi) is 6.67. The molecule has 0 aliphatic rings. The number of benzene rings is 2. The van der Waals surface area contributed by atoms with Crippen molar-refractivity contribution in [3.8, 4) is 0 Å². The van der Waals surface area contributed by atoms with Gasteiger partial charge in [-0.1, -0.05) is 57.2 Å². The van der Waals surface area contributed by atoms with E-state index in [4.69, 9.17) is 9.15 Å². The molecule has 1 N–H and O–H groups in total. The number of hydrogen-bond acceptors (Lipinski definition) is 5. The average Bonchev–Trinajstić information content (AvgIpc) is 2.75. The van der Waals surface area contributed by atoms with E-state index >= 15 is 0 Å². The molecule has 6 heteroatoms. The lowest BCUT2D eigenvalue weighted by Gasteiger charge is -2.23. The Morgan fingerprint density at radius 2 is 1.77 bits per heavy atom. The summed E-state index contributed by atoms with van der Waals surface area (Å²) in [6.45, 7) is 5.64. The van der Waals surface area contributed by atoms with Crippen LogP contribution in [0.4, 0.5) is 0 Å². The van der Waals surface area contributed by atoms with Crippen LogP contribution < -0.4 is 10.7 Å². The van der Waals surface area contributed by atoms with Crippen LogP contribution in [0.15, 0.2) is 63.8 Å². The number of hydrogen-bond donors (Lipinski definition) is 1. The van der Waals surface area contributed by atoms with Crippen LogP contribution in [-0.4, -0.2) is 18.5 Å². The van der Waals surface area contributed by atoms with Crippen LogP contribution in [0.25, 0.3) is 11.0 Å². The first kappa shape index (κ1) is 21.3. The number of rotatable bonds is 7. The average molecular weight is 407 g/mol. The summed E-state index contributed by atoms with van der Waals surface area (Å²) < 4.78 is 10.5. The van der Waals surface area contributed by atoms with Gasteiger partial charge < -0.3 is 14.5 Å². The Balaban J connectivity index is 1.65. The van der Waals surface area contributed by atoms with E-state index in [0.29, 0.717) is 5.39 Å². The number of ether oxygens (including phenoxy) is 1. The Bertz CT molecular complexity index is 1100. The van der Waals surface area contributed by atoms with Crippen molar-refractivity contribution in [3.05, 3.63) is 81.7 Å². The zero-order chi connectivity index (χ0) is 21.7. The number of para-hydroxylation sites is 1. The van der Waals surface area contributed by atoms with Gasteiger partial charge in [-0.3, -0.25) is 9.59 Å². The van der Waals surface area contributed by atoms with E-state index in [1.165, 1.54) is 5.56 Å². The number of nitrogens with one attached hydrogen (secondary N) is 1. The van der Waals surface area contributed by atoms with E-state index < -0.39 is 18.5 Å². The molecule has 0 aliphatic carbocycles. The van der Waals surface area contributed by atoms with Crippen molar-refractivity contribution in [3.63, 3.8) is 0 Å². The summed E-state index contributed by atoms with van der Waals surface area (Å²) in [4.78, 5) is 36.8. The van der Waals surface area contributed by atoms with Gasteiger partial charge in [0.2, 0.25) is 5.76 Å². The molecule has 6 nitrogen and oxygen atoms in total. The van der Waals surface area contributed by atoms with Gasteiger partial charge in [0.1, 0.15) is 5.58 Å². The fourth-order valence-corrected chi connectivity index (χ4v) is 3.22. The van der Waals surface area contributed by atoms with Gasteiger partial charge in [-0.15, -0.1) is 0 Å². The third-order valence-corrected chi connectivity index (χ3v) is 4.90. The monoisotopic (exact) mass is 407 g/mol. The normalized spacial score (nSPS) is 12.0. The molecule has 0 fully saturated rings. The summed E-state index contributed by atoms with van der Waals surface area (Å²) in [6.07, 6.45) is 0.944. The Hall–Kier alpha value is -3.41. The minimum atomic E-state index is -0.860. The third kappa shape index (κ3) is 4.95. The first-order chi connectivity index (χ1) is 14.4. The van der Waals surface area contributed by atoms with Gasteiger partial charge in [-0.25, -0.2) is 4.79 Å². The summed E-state index contributed by atoms with van der Waals surface area (Å²) in [5.41, 5.74) is 2.15. The highest BCUT2D eigenvalue weighted by Crippen LogP contribution is 2.22. The van der Waals surface area contributed by atoms with Crippen LogP contribution in [0.3, 0.4) is 0 Å². The van der Waals surface area contributed by atoms with Gasteiger partial charge in [0.15, 0.2) is 12.0 Å². The number of esters is 1. The predicted molar refractivity (Wildman–Crippen MR) is 114 cm³/mol. The fraction of sp³-hybridized carbons (Fsp3) is 0.292. The van der Waals surface area contributed by atoms with Crippen LogP contribution in [0.5, 0.6) is 0 Å². The summed E-state index contributed by atoms with van der Waals surface area (Å²) in [7, 11) is 0. The van der Waals surface area contributed by atoms with Crippen LogP contribution in [0.1, 0.15) is 48.5 Å². The Labute approximate surface area is 174 Å². The Morgan fingerprint density at radius 1 is 1.07 bits per heavy atom. The molecular weight excluding hydrogens is 382 g/mol. The van der Waals surface area contributed by atoms with Gasteiger partial charge in [-0.05, 0) is 35.6 Å². The maximum Gasteiger partial charge on any atom is 0.374 e. The van der Waals surface area contributed by atoms with Crippen LogP contribution in [0, 0.1) is 5.92 Å². The van der Waals surface area contributed by atoms with Crippen molar-refractivity contribution in [2.75, 3.05) is 6.61 Å². The maximum absolute atomic E-state index is 12.4. The van der Waals surface area contributed by atoms with Crippen molar-refractivity contribution in [1.29, 1.82) is 0 Å². The van der Waals surface area contributed by atoms with Gasteiger partial charge in [0.05, 0.1) is 11.4 Å². The number of fused-ring (bicyclic) bond motifs is 1. The molecule has 0 bridgehead atoms. The highest BCUT2D eigenvalue weighted by molar-refractivity contribution is 5.90. The summed E-state index contributed by atoms with van der Waals surface area (Å²) >= 11 is 0. The zero-order valence-electron chi connectivity index (χ0n) is 17.3. The largest absolute Gasteiger partial charge is 0.450 e. The second-order valence-electron chi connectivity index (χ2n) is 7.43. The molecule has 0 saturated carbocycles. The summed E-state index contributed by atoms with van der Waals surface area (Å²) in [5, 5.41) is 3.29. The smallest absolute Gasteiger partial charge is 0.374 e. The number of carbonyl (C=O) groups excluding carboxylic acids is 2. The van der Waals surface area contributed by atoms with Crippen molar-refractivity contribution >= 4 is 22.8 Å². The third-order valence-electron chi connectivity index (χ3n) is 4.90. The topological polar surface area (TPSA) is 85.6 Å². The van der Waals surface area contributed by atoms with Crippen LogP contribution >= 0.6 is 0 Å². The van der Waals surface area contributed by atoms with Gasteiger partial charge in [0.25, 0.3) is 5.91 Å². The molecule has 1 aromatic heterocycles. The Morgan fingerprint density at radius 3 is 2.43 bits per heavy atom. The number of aryl methyl sites for hydroxylation is 1. The zero-order valence-corrected chi connectivity index (χ0v) is 17.3. The van der Waals surface area contributed by atoms with Gasteiger partial charge >= 0.3 is 5.97 Å². The minimum Gasteiger partial charge on any atom is -0.450 e. The molecule has 2 aromatic carbocycles. The summed E-state index contributed by atoms with van der Waals surface area (Å²) in [5.74, 6) is -1.37. The molecule has 1 atom stereocenters. The first-order valence-corrected chi connectivity index (χ1v) is 9.97. The molecule has 0 unspecified atom stereocenters. The maximum atomic E-state index is 12.4. The molecule has 3 aromatic rings. The van der Waals surface area contributed by atoms with E-state index in [2.05, 4.69) is 12.2 Å². The fourth-order valence-electron chi connectivity index (χ4n) is 3.22.